The predicted molar refractivity (Wildman–Crippen MR) is 269 cm³/mol. The third kappa shape index (κ3) is 48.9. The van der Waals surface area contributed by atoms with Crippen LogP contribution in [0, 0.1) is 0 Å². The highest BCUT2D eigenvalue weighted by molar-refractivity contribution is 7.45. The Kier molecular flexibility index (Phi) is 43.0. The van der Waals surface area contributed by atoms with Gasteiger partial charge < -0.3 is 33.0 Å². The number of unbranched alkanes of at least 4 members (excludes halogenated alkanes) is 17. The van der Waals surface area contributed by atoms with Crippen LogP contribution in [0.25, 0.3) is 0 Å². The van der Waals surface area contributed by atoms with E-state index >= 15 is 0 Å². The second-order valence-corrected chi connectivity index (χ2v) is 19.4. The van der Waals surface area contributed by atoms with Gasteiger partial charge in [0.1, 0.15) is 19.8 Å². The summed E-state index contributed by atoms with van der Waals surface area (Å²) in [6.45, 7) is 3.92. The fourth-order valence-corrected chi connectivity index (χ4v) is 7.25. The molecule has 0 amide bonds. The fraction of sp³-hybridized carbons (Fsp3) is 0.704. The van der Waals surface area contributed by atoms with Crippen molar-refractivity contribution < 1.29 is 47.2 Å². The van der Waals surface area contributed by atoms with Crippen LogP contribution in [-0.4, -0.2) is 81.2 Å². The van der Waals surface area contributed by atoms with E-state index in [1.54, 1.807) is 6.08 Å². The van der Waals surface area contributed by atoms with E-state index in [0.717, 1.165) is 44.9 Å². The Morgan fingerprint density at radius 1 is 0.585 bits per heavy atom. The predicted octanol–water partition coefficient (Wildman–Crippen LogP) is 13.5. The van der Waals surface area contributed by atoms with Crippen molar-refractivity contribution in [3.05, 3.63) is 85.1 Å². The third-order valence-corrected chi connectivity index (χ3v) is 11.5. The summed E-state index contributed by atoms with van der Waals surface area (Å²) < 4.78 is 33.9. The zero-order valence-corrected chi connectivity index (χ0v) is 42.7. The highest BCUT2D eigenvalue weighted by Gasteiger charge is 2.21. The van der Waals surface area contributed by atoms with Crippen molar-refractivity contribution in [2.45, 2.75) is 199 Å². The van der Waals surface area contributed by atoms with Gasteiger partial charge in [-0.05, 0) is 70.6 Å². The van der Waals surface area contributed by atoms with Gasteiger partial charge in [0.25, 0.3) is 7.82 Å². The summed E-state index contributed by atoms with van der Waals surface area (Å²) in [7, 11) is 1.08. The Morgan fingerprint density at radius 3 is 1.68 bits per heavy atom. The topological polar surface area (TPSA) is 131 Å². The maximum Gasteiger partial charge on any atom is 0.306 e. The molecule has 3 atom stereocenters. The maximum atomic E-state index is 12.7. The number of phosphoric ester groups is 1. The number of likely N-dealkylation sites (N-methyl/N-ethyl adjacent to an activating group) is 1. The van der Waals surface area contributed by atoms with Crippen molar-refractivity contribution in [1.29, 1.82) is 0 Å². The first-order chi connectivity index (χ1) is 31.4. The van der Waals surface area contributed by atoms with E-state index in [1.807, 2.05) is 63.7 Å². The molecule has 0 rings (SSSR count). The summed E-state index contributed by atoms with van der Waals surface area (Å²) in [6.07, 6.45) is 55.3. The number of nitrogens with zero attached hydrogens (tertiary/aromatic N) is 1. The first-order valence-corrected chi connectivity index (χ1v) is 26.9. The lowest BCUT2D eigenvalue weighted by atomic mass is 10.0. The summed E-state index contributed by atoms with van der Waals surface area (Å²) in [5.74, 6) is -0.957. The number of carbonyl (C=O) groups excluding carboxylic acids is 2. The van der Waals surface area contributed by atoms with Gasteiger partial charge in [0, 0.05) is 12.8 Å². The Balaban J connectivity index is 4.40. The Labute approximate surface area is 397 Å². The minimum Gasteiger partial charge on any atom is -0.756 e. The molecule has 65 heavy (non-hydrogen) atoms. The molecule has 374 valence electrons. The lowest BCUT2D eigenvalue weighted by Gasteiger charge is -2.28. The molecule has 0 aliphatic rings. The molecule has 2 unspecified atom stereocenters. The van der Waals surface area contributed by atoms with Crippen molar-refractivity contribution >= 4 is 19.8 Å². The fourth-order valence-electron chi connectivity index (χ4n) is 6.52. The quantitative estimate of drug-likeness (QED) is 0.0158. The molecular formula is C54H94NO9P. The smallest absolute Gasteiger partial charge is 0.306 e. The van der Waals surface area contributed by atoms with Crippen LogP contribution in [0.3, 0.4) is 0 Å². The van der Waals surface area contributed by atoms with Crippen LogP contribution >= 0.6 is 7.82 Å². The van der Waals surface area contributed by atoms with Gasteiger partial charge in [0.15, 0.2) is 6.10 Å². The van der Waals surface area contributed by atoms with Crippen LogP contribution in [0.4, 0.5) is 0 Å². The second-order valence-electron chi connectivity index (χ2n) is 18.0. The van der Waals surface area contributed by atoms with Gasteiger partial charge in [0.05, 0.1) is 33.9 Å². The lowest BCUT2D eigenvalue weighted by Crippen LogP contribution is -2.37. The van der Waals surface area contributed by atoms with Gasteiger partial charge in [-0.15, -0.1) is 0 Å². The van der Waals surface area contributed by atoms with Crippen LogP contribution in [0.1, 0.15) is 187 Å². The Bertz CT molecular complexity index is 1390. The van der Waals surface area contributed by atoms with Gasteiger partial charge >= 0.3 is 11.9 Å². The molecule has 0 saturated carbocycles. The summed E-state index contributed by atoms with van der Waals surface area (Å²) in [5, 5.41) is 9.86. The summed E-state index contributed by atoms with van der Waals surface area (Å²) in [6, 6.07) is 0. The number of rotatable bonds is 45. The Hall–Kier alpha value is -2.85. The molecule has 11 heteroatoms. The van der Waals surface area contributed by atoms with Crippen LogP contribution in [0.15, 0.2) is 85.1 Å². The zero-order chi connectivity index (χ0) is 48.0. The van der Waals surface area contributed by atoms with E-state index in [9.17, 15) is 24.2 Å². The molecular weight excluding hydrogens is 838 g/mol. The average Bonchev–Trinajstić information content (AvgIpc) is 3.26. The highest BCUT2D eigenvalue weighted by Crippen LogP contribution is 2.38. The minimum absolute atomic E-state index is 0.0553. The lowest BCUT2D eigenvalue weighted by molar-refractivity contribution is -0.870. The van der Waals surface area contributed by atoms with Crippen LogP contribution in [0.2, 0.25) is 0 Å². The van der Waals surface area contributed by atoms with E-state index < -0.39 is 38.6 Å². The molecule has 0 radical (unpaired) electrons. The number of carbonyl (C=O) groups is 2. The van der Waals surface area contributed by atoms with E-state index in [2.05, 4.69) is 50.3 Å². The molecule has 0 aromatic heterocycles. The van der Waals surface area contributed by atoms with E-state index in [-0.39, 0.29) is 26.1 Å². The largest absolute Gasteiger partial charge is 0.756 e. The van der Waals surface area contributed by atoms with Gasteiger partial charge in [-0.25, -0.2) is 0 Å². The van der Waals surface area contributed by atoms with Crippen LogP contribution < -0.4 is 4.89 Å². The molecule has 0 spiro atoms. The summed E-state index contributed by atoms with van der Waals surface area (Å²) in [5.41, 5.74) is 0. The number of hydrogen-bond acceptors (Lipinski definition) is 9. The van der Waals surface area contributed by atoms with Crippen molar-refractivity contribution in [2.75, 3.05) is 47.5 Å². The number of allylic oxidation sites excluding steroid dienone is 12. The first-order valence-electron chi connectivity index (χ1n) is 25.4. The highest BCUT2D eigenvalue weighted by atomic mass is 31.2. The van der Waals surface area contributed by atoms with Crippen LogP contribution in [0.5, 0.6) is 0 Å². The molecule has 0 aliphatic heterocycles. The average molecular weight is 932 g/mol. The van der Waals surface area contributed by atoms with Crippen molar-refractivity contribution in [2.24, 2.45) is 0 Å². The van der Waals surface area contributed by atoms with Gasteiger partial charge in [0.2, 0.25) is 0 Å². The van der Waals surface area contributed by atoms with Crippen LogP contribution in [-0.2, 0) is 32.7 Å². The number of aliphatic hydroxyl groups is 1. The summed E-state index contributed by atoms with van der Waals surface area (Å²) in [4.78, 5) is 37.7. The molecule has 0 aromatic carbocycles. The normalized spacial score (nSPS) is 14.6. The Morgan fingerprint density at radius 2 is 1.11 bits per heavy atom. The number of esters is 2. The standard InChI is InChI=1S/C54H94NO9P/c1-6-8-10-11-12-13-14-15-16-17-18-19-20-21-22-25-28-31-34-37-41-45-53(57)61-49-52(50-63-65(59,60)62-48-47-55(3,4)5)64-54(58)46-42-38-35-32-29-26-23-24-27-30-33-36-40-44-51(56)43-39-9-7-2/h9,15-16,24,26-27,29,33,35-36,38-40,44,51-52,56H,6-8,10-14,17-23,25,28,30-32,34,37,41-43,45-50H2,1-5H3/b16-15-,27-24-,29-26-,36-33+,38-35-,39-9-,44-40+/t51?,52-/m1/s1. The number of hydrogen-bond donors (Lipinski definition) is 1. The molecule has 1 N–H and O–H groups in total. The molecule has 0 heterocycles. The second kappa shape index (κ2) is 45.0. The van der Waals surface area contributed by atoms with Crippen molar-refractivity contribution in [3.8, 4) is 0 Å². The van der Waals surface area contributed by atoms with E-state index in [4.69, 9.17) is 18.5 Å². The molecule has 0 saturated heterocycles. The molecule has 0 aromatic rings. The van der Waals surface area contributed by atoms with Gasteiger partial charge in [-0.1, -0.05) is 189 Å². The number of aliphatic hydroxyl groups excluding tert-OH is 1. The SMILES string of the molecule is CC/C=C\CC(O)/C=C/C=C/C/C=C\C/C=C\C/C=C\CCC(=O)O[C@H](COC(=O)CCCCCCCCCCCCC/C=C\CCCCCCCC)COP(=O)([O-])OCC[N+](C)(C)C. The first kappa shape index (κ1) is 62.1. The summed E-state index contributed by atoms with van der Waals surface area (Å²) >= 11 is 0. The minimum atomic E-state index is -4.66. The third-order valence-electron chi connectivity index (χ3n) is 10.5. The maximum absolute atomic E-state index is 12.7. The molecule has 0 bridgehead atoms. The van der Waals surface area contributed by atoms with Gasteiger partial charge in [-0.3, -0.25) is 14.2 Å². The zero-order valence-electron chi connectivity index (χ0n) is 41.8. The molecule has 0 aliphatic carbocycles. The monoisotopic (exact) mass is 932 g/mol. The number of ether oxygens (including phenoxy) is 2. The molecule has 10 nitrogen and oxygen atoms in total. The van der Waals surface area contributed by atoms with Crippen molar-refractivity contribution in [1.82, 2.24) is 0 Å². The molecule has 0 fully saturated rings. The number of phosphoric acid groups is 1. The van der Waals surface area contributed by atoms with E-state index in [1.165, 1.54) is 96.3 Å². The van der Waals surface area contributed by atoms with Gasteiger partial charge in [-0.2, -0.15) is 0 Å². The van der Waals surface area contributed by atoms with E-state index in [0.29, 0.717) is 30.3 Å². The number of quaternary nitrogens is 1. The van der Waals surface area contributed by atoms with Crippen molar-refractivity contribution in [3.63, 3.8) is 0 Å².